The first-order valence-electron chi connectivity index (χ1n) is 6.16. The fourth-order valence-electron chi connectivity index (χ4n) is 1.45. The molecule has 5 nitrogen and oxygen atoms in total. The number of likely N-dealkylation sites (N-methyl/N-ethyl adjacent to an activating group) is 1. The van der Waals surface area contributed by atoms with E-state index in [0.29, 0.717) is 6.42 Å². The molecule has 0 aromatic rings. The molecule has 18 heavy (non-hydrogen) atoms. The Hall–Kier alpha value is -1.26. The number of hydrogen-bond donors (Lipinski definition) is 2. The molecular weight excluding hydrogens is 232 g/mol. The van der Waals surface area contributed by atoms with Crippen LogP contribution in [0.5, 0.6) is 0 Å². The lowest BCUT2D eigenvalue weighted by molar-refractivity contribution is -0.123. The predicted octanol–water partition coefficient (Wildman–Crippen LogP) is 2.06. The highest BCUT2D eigenvalue weighted by Gasteiger charge is 2.27. The van der Waals surface area contributed by atoms with Crippen molar-refractivity contribution in [2.24, 2.45) is 5.41 Å². The van der Waals surface area contributed by atoms with Crippen molar-refractivity contribution in [3.63, 3.8) is 0 Å². The first kappa shape index (κ1) is 16.7. The molecule has 0 radical (unpaired) electrons. The Balaban J connectivity index is 4.61. The minimum atomic E-state index is -0.579. The molecule has 0 aliphatic heterocycles. The summed E-state index contributed by atoms with van der Waals surface area (Å²) in [6, 6.07) is -0.579. The Morgan fingerprint density at radius 1 is 1.11 bits per heavy atom. The van der Waals surface area contributed by atoms with Crippen molar-refractivity contribution in [3.05, 3.63) is 0 Å². The van der Waals surface area contributed by atoms with Crippen LogP contribution in [-0.4, -0.2) is 30.7 Å². The van der Waals surface area contributed by atoms with Crippen LogP contribution in [0.2, 0.25) is 0 Å². The first-order chi connectivity index (χ1) is 7.94. The highest BCUT2D eigenvalue weighted by Crippen LogP contribution is 2.21. The van der Waals surface area contributed by atoms with Gasteiger partial charge in [-0.1, -0.05) is 20.8 Å². The van der Waals surface area contributed by atoms with Crippen LogP contribution in [0.4, 0.5) is 4.79 Å². The average Bonchev–Trinajstić information content (AvgIpc) is 2.10. The number of rotatable bonds is 3. The molecule has 0 aliphatic rings. The van der Waals surface area contributed by atoms with Crippen LogP contribution in [0.15, 0.2) is 0 Å². The summed E-state index contributed by atoms with van der Waals surface area (Å²) in [7, 11) is 1.55. The Morgan fingerprint density at radius 2 is 1.61 bits per heavy atom. The van der Waals surface area contributed by atoms with Gasteiger partial charge >= 0.3 is 6.09 Å². The Bertz CT molecular complexity index is 300. The Kier molecular flexibility index (Phi) is 5.64. The zero-order valence-electron chi connectivity index (χ0n) is 12.5. The van der Waals surface area contributed by atoms with Gasteiger partial charge in [0.15, 0.2) is 0 Å². The molecule has 0 aromatic heterocycles. The largest absolute Gasteiger partial charge is 0.444 e. The maximum atomic E-state index is 11.7. The van der Waals surface area contributed by atoms with E-state index in [4.69, 9.17) is 4.74 Å². The normalized spacial score (nSPS) is 13.7. The van der Waals surface area contributed by atoms with Crippen LogP contribution in [0.25, 0.3) is 0 Å². The topological polar surface area (TPSA) is 67.4 Å². The molecule has 2 amide bonds. The molecule has 5 heteroatoms. The quantitative estimate of drug-likeness (QED) is 0.814. The summed E-state index contributed by atoms with van der Waals surface area (Å²) in [5, 5.41) is 5.15. The molecule has 0 aromatic carbocycles. The fourth-order valence-corrected chi connectivity index (χ4v) is 1.45. The third-order valence-corrected chi connectivity index (χ3v) is 2.07. The SMILES string of the molecule is CNC(=O)C(CC(C)(C)C)NC(=O)OC(C)(C)C. The van der Waals surface area contributed by atoms with Crippen molar-refractivity contribution < 1.29 is 14.3 Å². The lowest BCUT2D eigenvalue weighted by Crippen LogP contribution is -2.48. The number of hydrogen-bond acceptors (Lipinski definition) is 3. The Labute approximate surface area is 110 Å². The van der Waals surface area contributed by atoms with Gasteiger partial charge in [0, 0.05) is 7.05 Å². The Morgan fingerprint density at radius 3 is 1.94 bits per heavy atom. The number of carbonyl (C=O) groups excluding carboxylic acids is 2. The molecule has 0 bridgehead atoms. The third-order valence-electron chi connectivity index (χ3n) is 2.07. The zero-order valence-corrected chi connectivity index (χ0v) is 12.5. The van der Waals surface area contributed by atoms with Gasteiger partial charge < -0.3 is 15.4 Å². The number of amides is 2. The van der Waals surface area contributed by atoms with Crippen LogP contribution in [-0.2, 0) is 9.53 Å². The van der Waals surface area contributed by atoms with Crippen LogP contribution in [0, 0.1) is 5.41 Å². The maximum absolute atomic E-state index is 11.7. The van der Waals surface area contributed by atoms with Crippen LogP contribution in [0.1, 0.15) is 48.0 Å². The van der Waals surface area contributed by atoms with Crippen molar-refractivity contribution in [3.8, 4) is 0 Å². The monoisotopic (exact) mass is 258 g/mol. The van der Waals surface area contributed by atoms with E-state index in [1.807, 2.05) is 20.8 Å². The van der Waals surface area contributed by atoms with Crippen LogP contribution < -0.4 is 10.6 Å². The highest BCUT2D eigenvalue weighted by atomic mass is 16.6. The summed E-state index contributed by atoms with van der Waals surface area (Å²) in [6.45, 7) is 11.4. The van der Waals surface area contributed by atoms with E-state index < -0.39 is 17.7 Å². The number of carbonyl (C=O) groups is 2. The van der Waals surface area contributed by atoms with E-state index in [1.54, 1.807) is 27.8 Å². The lowest BCUT2D eigenvalue weighted by Gasteiger charge is -2.27. The average molecular weight is 258 g/mol. The van der Waals surface area contributed by atoms with Crippen molar-refractivity contribution in [2.45, 2.75) is 59.6 Å². The summed E-state index contributed by atoms with van der Waals surface area (Å²) in [4.78, 5) is 23.4. The van der Waals surface area contributed by atoms with Crippen LogP contribution in [0.3, 0.4) is 0 Å². The van der Waals surface area contributed by atoms with Crippen molar-refractivity contribution in [1.29, 1.82) is 0 Å². The van der Waals surface area contributed by atoms with E-state index in [0.717, 1.165) is 0 Å². The summed E-state index contributed by atoms with van der Waals surface area (Å²) >= 11 is 0. The van der Waals surface area contributed by atoms with Gasteiger partial charge in [-0.25, -0.2) is 4.79 Å². The van der Waals surface area contributed by atoms with E-state index >= 15 is 0 Å². The molecule has 1 atom stereocenters. The van der Waals surface area contributed by atoms with Crippen molar-refractivity contribution in [2.75, 3.05) is 7.05 Å². The van der Waals surface area contributed by atoms with E-state index in [2.05, 4.69) is 10.6 Å². The van der Waals surface area contributed by atoms with Gasteiger partial charge in [-0.15, -0.1) is 0 Å². The minimum Gasteiger partial charge on any atom is -0.444 e. The second-order valence-corrected chi connectivity index (χ2v) is 6.58. The second-order valence-electron chi connectivity index (χ2n) is 6.58. The minimum absolute atomic E-state index is 0.0633. The van der Waals surface area contributed by atoms with Crippen LogP contribution >= 0.6 is 0 Å². The predicted molar refractivity (Wildman–Crippen MR) is 71.3 cm³/mol. The van der Waals surface area contributed by atoms with Crippen molar-refractivity contribution >= 4 is 12.0 Å². The highest BCUT2D eigenvalue weighted by molar-refractivity contribution is 5.85. The maximum Gasteiger partial charge on any atom is 0.408 e. The zero-order chi connectivity index (χ0) is 14.6. The third kappa shape index (κ3) is 7.92. The smallest absolute Gasteiger partial charge is 0.408 e. The van der Waals surface area contributed by atoms with Gasteiger partial charge in [0.25, 0.3) is 0 Å². The molecule has 0 rings (SSSR count). The van der Waals surface area contributed by atoms with Crippen molar-refractivity contribution in [1.82, 2.24) is 10.6 Å². The molecule has 0 fully saturated rings. The lowest BCUT2D eigenvalue weighted by atomic mass is 9.88. The summed E-state index contributed by atoms with van der Waals surface area (Å²) in [5.74, 6) is -0.212. The summed E-state index contributed by atoms with van der Waals surface area (Å²) < 4.78 is 5.15. The summed E-state index contributed by atoms with van der Waals surface area (Å²) in [5.41, 5.74) is -0.634. The molecule has 0 spiro atoms. The van der Waals surface area contributed by atoms with Gasteiger partial charge in [-0.05, 0) is 32.6 Å². The first-order valence-corrected chi connectivity index (χ1v) is 6.16. The molecule has 2 N–H and O–H groups in total. The van der Waals surface area contributed by atoms with E-state index in [-0.39, 0.29) is 11.3 Å². The van der Waals surface area contributed by atoms with E-state index in [9.17, 15) is 9.59 Å². The number of ether oxygens (including phenoxy) is 1. The molecular formula is C13H26N2O3. The van der Waals surface area contributed by atoms with E-state index in [1.165, 1.54) is 0 Å². The molecule has 0 saturated heterocycles. The summed E-state index contributed by atoms with van der Waals surface area (Å²) in [6.07, 6.45) is -0.0216. The number of alkyl carbamates (subject to hydrolysis) is 1. The molecule has 106 valence electrons. The fraction of sp³-hybridized carbons (Fsp3) is 0.846. The molecule has 0 aliphatic carbocycles. The van der Waals surface area contributed by atoms with Gasteiger partial charge in [-0.3, -0.25) is 4.79 Å². The van der Waals surface area contributed by atoms with Gasteiger partial charge in [0.2, 0.25) is 5.91 Å². The van der Waals surface area contributed by atoms with Gasteiger partial charge in [0.05, 0.1) is 0 Å². The molecule has 0 heterocycles. The number of nitrogens with one attached hydrogen (secondary N) is 2. The second kappa shape index (κ2) is 6.07. The standard InChI is InChI=1S/C13H26N2O3/c1-12(2,3)8-9(10(16)14-7)15-11(17)18-13(4,5)6/h9H,8H2,1-7H3,(H,14,16)(H,15,17). The van der Waals surface area contributed by atoms with Gasteiger partial charge in [-0.2, -0.15) is 0 Å². The molecule has 1 unspecified atom stereocenters. The molecule has 0 saturated carbocycles. The van der Waals surface area contributed by atoms with Gasteiger partial charge in [0.1, 0.15) is 11.6 Å².